The lowest BCUT2D eigenvalue weighted by atomic mass is 10.5. The first-order valence-corrected chi connectivity index (χ1v) is 2.97. The van der Waals surface area contributed by atoms with Crippen molar-refractivity contribution in [3.8, 4) is 0 Å². The van der Waals surface area contributed by atoms with Gasteiger partial charge in [-0.05, 0) is 13.8 Å². The van der Waals surface area contributed by atoms with E-state index in [1.807, 2.05) is 0 Å². The highest BCUT2D eigenvalue weighted by Gasteiger charge is 1.96. The summed E-state index contributed by atoms with van der Waals surface area (Å²) in [5.41, 5.74) is 0. The normalized spacial score (nSPS) is 11.7. The summed E-state index contributed by atoms with van der Waals surface area (Å²) in [6, 6.07) is 0. The third kappa shape index (κ3) is 5.03. The van der Waals surface area contributed by atoms with Gasteiger partial charge in [-0.25, -0.2) is 0 Å². The van der Waals surface area contributed by atoms with Crippen LogP contribution in [-0.4, -0.2) is 16.3 Å². The molecule has 2 N–H and O–H groups in total. The Bertz CT molecular complexity index is 147. The maximum Gasteiger partial charge on any atom is 0.280 e. The summed E-state index contributed by atoms with van der Waals surface area (Å²) in [7, 11) is 0. The van der Waals surface area contributed by atoms with Gasteiger partial charge in [0, 0.05) is 0 Å². The maximum absolute atomic E-state index is 8.81. The van der Waals surface area contributed by atoms with Crippen LogP contribution in [-0.2, 0) is 4.74 Å². The Morgan fingerprint density at radius 2 is 2.00 bits per heavy atom. The Morgan fingerprint density at radius 3 is 2.30 bits per heavy atom. The second-order valence-corrected chi connectivity index (χ2v) is 2.14. The van der Waals surface area contributed by atoms with Crippen molar-refractivity contribution in [2.75, 3.05) is 0 Å². The molecule has 3 heteroatoms. The van der Waals surface area contributed by atoms with E-state index in [1.165, 1.54) is 0 Å². The molecule has 0 aromatic rings. The van der Waals surface area contributed by atoms with Crippen LogP contribution in [0.5, 0.6) is 0 Å². The highest BCUT2D eigenvalue weighted by Crippen LogP contribution is 1.99. The molecule has 0 saturated carbocycles. The quantitative estimate of drug-likeness (QED) is 0.469. The minimum absolute atomic E-state index is 0.101. The van der Waals surface area contributed by atoms with Gasteiger partial charge in [0.05, 0.1) is 12.2 Å². The van der Waals surface area contributed by atoms with Gasteiger partial charge in [0.25, 0.3) is 5.95 Å². The number of aliphatic hydroxyl groups excluding tert-OH is 2. The number of aliphatic hydroxyl groups is 2. The summed E-state index contributed by atoms with van der Waals surface area (Å²) >= 11 is 0. The zero-order chi connectivity index (χ0) is 8.15. The van der Waals surface area contributed by atoms with E-state index in [0.29, 0.717) is 0 Å². The lowest BCUT2D eigenvalue weighted by molar-refractivity contribution is 0.0511. The summed E-state index contributed by atoms with van der Waals surface area (Å²) in [4.78, 5) is 0. The van der Waals surface area contributed by atoms with Crippen LogP contribution < -0.4 is 0 Å². The highest BCUT2D eigenvalue weighted by molar-refractivity contribution is 5.05. The van der Waals surface area contributed by atoms with Gasteiger partial charge in [-0.1, -0.05) is 6.58 Å². The number of ether oxygens (including phenoxy) is 1. The number of allylic oxidation sites excluding steroid dienone is 1. The van der Waals surface area contributed by atoms with Crippen LogP contribution in [0.3, 0.4) is 0 Å². The molecule has 10 heavy (non-hydrogen) atoms. The molecule has 0 bridgehead atoms. The van der Waals surface area contributed by atoms with Crippen LogP contribution >= 0.6 is 0 Å². The van der Waals surface area contributed by atoms with Crippen molar-refractivity contribution in [3.05, 3.63) is 24.4 Å². The third-order valence-electron chi connectivity index (χ3n) is 0.647. The van der Waals surface area contributed by atoms with Gasteiger partial charge in [0.15, 0.2) is 0 Å². The van der Waals surface area contributed by atoms with Gasteiger partial charge in [-0.15, -0.1) is 0 Å². The summed E-state index contributed by atoms with van der Waals surface area (Å²) in [5.74, 6) is -0.541. The summed E-state index contributed by atoms with van der Waals surface area (Å²) < 4.78 is 4.76. The minimum Gasteiger partial charge on any atom is -0.508 e. The lowest BCUT2D eigenvalue weighted by Gasteiger charge is -2.06. The molecule has 0 rings (SSSR count). The van der Waals surface area contributed by atoms with Gasteiger partial charge >= 0.3 is 0 Å². The maximum atomic E-state index is 8.81. The first kappa shape index (κ1) is 8.88. The largest absolute Gasteiger partial charge is 0.508 e. The Hall–Kier alpha value is -1.12. The van der Waals surface area contributed by atoms with E-state index in [1.54, 1.807) is 13.8 Å². The molecule has 0 unspecified atom stereocenters. The molecule has 0 aliphatic carbocycles. The minimum atomic E-state index is -0.317. The van der Waals surface area contributed by atoms with E-state index in [-0.39, 0.29) is 17.8 Å². The van der Waals surface area contributed by atoms with Crippen LogP contribution in [0.1, 0.15) is 13.8 Å². The highest BCUT2D eigenvalue weighted by atomic mass is 16.6. The molecule has 0 amide bonds. The van der Waals surface area contributed by atoms with E-state index < -0.39 is 0 Å². The molecule has 0 spiro atoms. The van der Waals surface area contributed by atoms with E-state index in [2.05, 4.69) is 6.58 Å². The first-order valence-electron chi connectivity index (χ1n) is 2.97. The van der Waals surface area contributed by atoms with Crippen LogP contribution in [0.25, 0.3) is 0 Å². The van der Waals surface area contributed by atoms with E-state index >= 15 is 0 Å². The van der Waals surface area contributed by atoms with Crippen LogP contribution in [0, 0.1) is 0 Å². The molecule has 0 heterocycles. The van der Waals surface area contributed by atoms with Crippen molar-refractivity contribution in [1.29, 1.82) is 0 Å². The van der Waals surface area contributed by atoms with Crippen molar-refractivity contribution in [2.45, 2.75) is 20.0 Å². The van der Waals surface area contributed by atoms with Gasteiger partial charge in [0.2, 0.25) is 0 Å². The summed E-state index contributed by atoms with van der Waals surface area (Å²) in [5, 5.41) is 17.3. The van der Waals surface area contributed by atoms with E-state index in [0.717, 1.165) is 6.08 Å². The second kappa shape index (κ2) is 3.82. The van der Waals surface area contributed by atoms with Crippen molar-refractivity contribution < 1.29 is 14.9 Å². The Labute approximate surface area is 60.3 Å². The van der Waals surface area contributed by atoms with Crippen LogP contribution in [0.2, 0.25) is 0 Å². The zero-order valence-electron chi connectivity index (χ0n) is 6.16. The molecule has 0 aromatic heterocycles. The van der Waals surface area contributed by atoms with Gasteiger partial charge < -0.3 is 14.9 Å². The fourth-order valence-corrected chi connectivity index (χ4v) is 0.418. The number of hydrogen-bond donors (Lipinski definition) is 2. The lowest BCUT2D eigenvalue weighted by Crippen LogP contribution is -2.01. The molecule has 0 aliphatic heterocycles. The van der Waals surface area contributed by atoms with Crippen molar-refractivity contribution >= 4 is 0 Å². The van der Waals surface area contributed by atoms with Gasteiger partial charge in [-0.2, -0.15) is 0 Å². The SMILES string of the molecule is C=C(O)/C=C(\O)OC(C)C. The van der Waals surface area contributed by atoms with Crippen molar-refractivity contribution in [3.63, 3.8) is 0 Å². The molecule has 3 nitrogen and oxygen atoms in total. The zero-order valence-corrected chi connectivity index (χ0v) is 6.16. The molecule has 0 fully saturated rings. The molecule has 0 atom stereocenters. The van der Waals surface area contributed by atoms with E-state index in [9.17, 15) is 0 Å². The molecule has 0 radical (unpaired) electrons. The predicted octanol–water partition coefficient (Wildman–Crippen LogP) is 1.88. The molecule has 58 valence electrons. The fourth-order valence-electron chi connectivity index (χ4n) is 0.418. The van der Waals surface area contributed by atoms with Gasteiger partial charge in [-0.3, -0.25) is 0 Å². The van der Waals surface area contributed by atoms with Crippen molar-refractivity contribution in [1.82, 2.24) is 0 Å². The topological polar surface area (TPSA) is 49.7 Å². The first-order chi connectivity index (χ1) is 4.52. The van der Waals surface area contributed by atoms with E-state index in [4.69, 9.17) is 14.9 Å². The second-order valence-electron chi connectivity index (χ2n) is 2.14. The summed E-state index contributed by atoms with van der Waals surface area (Å²) in [6.07, 6.45) is 0.940. The third-order valence-corrected chi connectivity index (χ3v) is 0.647. The van der Waals surface area contributed by atoms with Crippen LogP contribution in [0.4, 0.5) is 0 Å². The van der Waals surface area contributed by atoms with Crippen LogP contribution in [0.15, 0.2) is 24.4 Å². The average molecular weight is 144 g/mol. The Kier molecular flexibility index (Phi) is 3.39. The smallest absolute Gasteiger partial charge is 0.280 e. The monoisotopic (exact) mass is 144 g/mol. The molecular formula is C7H12O3. The standard InChI is InChI=1S/C7H12O3/c1-5(2)10-7(9)4-6(3)8/h4-5,8-9H,3H2,1-2H3/b7-4+. The van der Waals surface area contributed by atoms with Crippen molar-refractivity contribution in [2.24, 2.45) is 0 Å². The molecule has 0 saturated heterocycles. The van der Waals surface area contributed by atoms with Gasteiger partial charge in [0.1, 0.15) is 5.76 Å². The fraction of sp³-hybridized carbons (Fsp3) is 0.429. The molecule has 0 aromatic carbocycles. The molecule has 0 aliphatic rings. The Morgan fingerprint density at radius 1 is 1.50 bits per heavy atom. The predicted molar refractivity (Wildman–Crippen MR) is 38.7 cm³/mol. The number of rotatable bonds is 3. The average Bonchev–Trinajstić information content (AvgIpc) is 1.58. The molecular weight excluding hydrogens is 132 g/mol. The summed E-state index contributed by atoms with van der Waals surface area (Å²) in [6.45, 7) is 6.68. The number of hydrogen-bond acceptors (Lipinski definition) is 3. The Balaban J connectivity index is 3.83.